The summed E-state index contributed by atoms with van der Waals surface area (Å²) in [5, 5.41) is 0. The highest BCUT2D eigenvalue weighted by atomic mass is 16.6. The van der Waals surface area contributed by atoms with Gasteiger partial charge in [0.2, 0.25) is 0 Å². The van der Waals surface area contributed by atoms with Crippen LogP contribution in [0, 0.1) is 0 Å². The van der Waals surface area contributed by atoms with Gasteiger partial charge in [0.05, 0.1) is 24.3 Å². The largest absolute Gasteiger partial charge is 0.494 e. The number of benzene rings is 3. The summed E-state index contributed by atoms with van der Waals surface area (Å²) < 4.78 is 21.6. The topological polar surface area (TPSA) is 71.1 Å². The van der Waals surface area contributed by atoms with Crippen LogP contribution in [0.25, 0.3) is 0 Å². The van der Waals surface area contributed by atoms with Gasteiger partial charge in [-0.3, -0.25) is 0 Å². The van der Waals surface area contributed by atoms with Gasteiger partial charge in [-0.1, -0.05) is 12.1 Å². The molecule has 3 aromatic rings. The first-order valence-corrected chi connectivity index (χ1v) is 9.59. The standard InChI is InChI=1S/C24H22O6/c1-3-27-19-13-9-17(10-14-19)23(25)29-21-7-5-6-8-22(21)30-24(26)18-11-15-20(16-12-18)28-4-2/h5-16H,3-4H2,1-2H3. The molecule has 0 unspecified atom stereocenters. The van der Waals surface area contributed by atoms with E-state index in [4.69, 9.17) is 18.9 Å². The van der Waals surface area contributed by atoms with E-state index in [0.29, 0.717) is 35.8 Å². The first-order chi connectivity index (χ1) is 14.6. The molecular weight excluding hydrogens is 384 g/mol. The quantitative estimate of drug-likeness (QED) is 0.391. The number of esters is 2. The second kappa shape index (κ2) is 10.1. The van der Waals surface area contributed by atoms with E-state index in [0.717, 1.165) is 0 Å². The normalized spacial score (nSPS) is 10.2. The Morgan fingerprint density at radius 2 is 0.967 bits per heavy atom. The second-order valence-electron chi connectivity index (χ2n) is 6.14. The number of rotatable bonds is 8. The van der Waals surface area contributed by atoms with Gasteiger partial charge in [-0.2, -0.15) is 0 Å². The summed E-state index contributed by atoms with van der Waals surface area (Å²) in [6.45, 7) is 4.84. The molecule has 0 fully saturated rings. The van der Waals surface area contributed by atoms with Crippen molar-refractivity contribution in [3.8, 4) is 23.0 Å². The number of carbonyl (C=O) groups excluding carboxylic acids is 2. The molecule has 30 heavy (non-hydrogen) atoms. The maximum Gasteiger partial charge on any atom is 0.343 e. The van der Waals surface area contributed by atoms with Crippen molar-refractivity contribution >= 4 is 11.9 Å². The average Bonchev–Trinajstić information content (AvgIpc) is 2.76. The third kappa shape index (κ3) is 5.38. The van der Waals surface area contributed by atoms with Crippen molar-refractivity contribution in [2.24, 2.45) is 0 Å². The number of ether oxygens (including phenoxy) is 4. The fourth-order valence-electron chi connectivity index (χ4n) is 2.64. The van der Waals surface area contributed by atoms with Crippen LogP contribution in [-0.4, -0.2) is 25.2 Å². The maximum atomic E-state index is 12.5. The third-order valence-electron chi connectivity index (χ3n) is 4.06. The molecule has 0 heterocycles. The van der Waals surface area contributed by atoms with E-state index >= 15 is 0 Å². The molecule has 0 spiro atoms. The Kier molecular flexibility index (Phi) is 7.05. The maximum absolute atomic E-state index is 12.5. The van der Waals surface area contributed by atoms with Crippen molar-refractivity contribution in [2.75, 3.05) is 13.2 Å². The molecule has 0 aliphatic carbocycles. The Labute approximate surface area is 175 Å². The summed E-state index contributed by atoms with van der Waals surface area (Å²) in [4.78, 5) is 24.9. The third-order valence-corrected chi connectivity index (χ3v) is 4.06. The highest BCUT2D eigenvalue weighted by molar-refractivity contribution is 5.93. The highest BCUT2D eigenvalue weighted by Crippen LogP contribution is 2.28. The number of carbonyl (C=O) groups is 2. The van der Waals surface area contributed by atoms with Crippen LogP contribution < -0.4 is 18.9 Å². The zero-order valence-electron chi connectivity index (χ0n) is 16.8. The molecule has 0 radical (unpaired) electrons. The van der Waals surface area contributed by atoms with Crippen LogP contribution in [0.4, 0.5) is 0 Å². The van der Waals surface area contributed by atoms with E-state index in [2.05, 4.69) is 0 Å². The first-order valence-electron chi connectivity index (χ1n) is 9.59. The minimum Gasteiger partial charge on any atom is -0.494 e. The Morgan fingerprint density at radius 1 is 0.600 bits per heavy atom. The summed E-state index contributed by atoms with van der Waals surface area (Å²) >= 11 is 0. The van der Waals surface area contributed by atoms with Crippen molar-refractivity contribution in [1.82, 2.24) is 0 Å². The van der Waals surface area contributed by atoms with E-state index in [1.54, 1.807) is 72.8 Å². The predicted molar refractivity (Wildman–Crippen MR) is 112 cm³/mol. The molecule has 154 valence electrons. The zero-order chi connectivity index (χ0) is 21.3. The van der Waals surface area contributed by atoms with Crippen LogP contribution in [-0.2, 0) is 0 Å². The molecule has 3 rings (SSSR count). The van der Waals surface area contributed by atoms with E-state index in [1.165, 1.54) is 0 Å². The molecule has 0 saturated heterocycles. The molecule has 0 amide bonds. The van der Waals surface area contributed by atoms with Crippen LogP contribution in [0.2, 0.25) is 0 Å². The monoisotopic (exact) mass is 406 g/mol. The molecular formula is C24H22O6. The molecule has 6 nitrogen and oxygen atoms in total. The second-order valence-corrected chi connectivity index (χ2v) is 6.14. The predicted octanol–water partition coefficient (Wildman–Crippen LogP) is 4.92. The SMILES string of the molecule is CCOc1ccc(C(=O)Oc2ccccc2OC(=O)c2ccc(OCC)cc2)cc1. The molecule has 0 aliphatic heterocycles. The van der Waals surface area contributed by atoms with E-state index in [1.807, 2.05) is 13.8 Å². The Balaban J connectivity index is 1.70. The molecule has 0 N–H and O–H groups in total. The van der Waals surface area contributed by atoms with Crippen LogP contribution in [0.1, 0.15) is 34.6 Å². The van der Waals surface area contributed by atoms with Crippen LogP contribution in [0.3, 0.4) is 0 Å². The van der Waals surface area contributed by atoms with Gasteiger partial charge in [0.15, 0.2) is 11.5 Å². The summed E-state index contributed by atoms with van der Waals surface area (Å²) in [6, 6.07) is 19.7. The lowest BCUT2D eigenvalue weighted by molar-refractivity contribution is 0.0682. The van der Waals surface area contributed by atoms with Gasteiger partial charge in [-0.15, -0.1) is 0 Å². The van der Waals surface area contributed by atoms with Gasteiger partial charge >= 0.3 is 11.9 Å². The lowest BCUT2D eigenvalue weighted by Crippen LogP contribution is -2.12. The van der Waals surface area contributed by atoms with E-state index in [-0.39, 0.29) is 11.5 Å². The Morgan fingerprint density at radius 3 is 1.30 bits per heavy atom. The Bertz CT molecular complexity index is 910. The molecule has 0 aliphatic rings. The van der Waals surface area contributed by atoms with Gasteiger partial charge in [0.25, 0.3) is 0 Å². The Hall–Kier alpha value is -3.80. The van der Waals surface area contributed by atoms with Crippen molar-refractivity contribution in [3.63, 3.8) is 0 Å². The van der Waals surface area contributed by atoms with Gasteiger partial charge in [-0.25, -0.2) is 9.59 Å². The first kappa shape index (κ1) is 20.9. The smallest absolute Gasteiger partial charge is 0.343 e. The van der Waals surface area contributed by atoms with Crippen LogP contribution >= 0.6 is 0 Å². The van der Waals surface area contributed by atoms with Crippen molar-refractivity contribution in [2.45, 2.75) is 13.8 Å². The lowest BCUT2D eigenvalue weighted by Gasteiger charge is -2.11. The lowest BCUT2D eigenvalue weighted by atomic mass is 10.2. The average molecular weight is 406 g/mol. The molecule has 0 saturated carbocycles. The molecule has 0 atom stereocenters. The van der Waals surface area contributed by atoms with Crippen molar-refractivity contribution < 1.29 is 28.5 Å². The minimum atomic E-state index is -0.567. The van der Waals surface area contributed by atoms with E-state index < -0.39 is 11.9 Å². The van der Waals surface area contributed by atoms with Crippen LogP contribution in [0.15, 0.2) is 72.8 Å². The summed E-state index contributed by atoms with van der Waals surface area (Å²) in [6.07, 6.45) is 0. The number of para-hydroxylation sites is 2. The van der Waals surface area contributed by atoms with Crippen molar-refractivity contribution in [1.29, 1.82) is 0 Å². The van der Waals surface area contributed by atoms with Crippen molar-refractivity contribution in [3.05, 3.63) is 83.9 Å². The highest BCUT2D eigenvalue weighted by Gasteiger charge is 2.16. The fraction of sp³-hybridized carbons (Fsp3) is 0.167. The van der Waals surface area contributed by atoms with Crippen LogP contribution in [0.5, 0.6) is 23.0 Å². The number of hydrogen-bond acceptors (Lipinski definition) is 6. The number of hydrogen-bond donors (Lipinski definition) is 0. The van der Waals surface area contributed by atoms with Gasteiger partial charge in [0.1, 0.15) is 11.5 Å². The fourth-order valence-corrected chi connectivity index (χ4v) is 2.64. The molecule has 0 bridgehead atoms. The summed E-state index contributed by atoms with van der Waals surface area (Å²) in [5.41, 5.74) is 0.706. The summed E-state index contributed by atoms with van der Waals surface area (Å²) in [7, 11) is 0. The molecule has 6 heteroatoms. The zero-order valence-corrected chi connectivity index (χ0v) is 16.8. The molecule has 0 aromatic heterocycles. The van der Waals surface area contributed by atoms with Gasteiger partial charge < -0.3 is 18.9 Å². The van der Waals surface area contributed by atoms with Gasteiger partial charge in [-0.05, 0) is 74.5 Å². The molecule has 3 aromatic carbocycles. The summed E-state index contributed by atoms with van der Waals surface area (Å²) in [5.74, 6) is 0.494. The van der Waals surface area contributed by atoms with E-state index in [9.17, 15) is 9.59 Å². The minimum absolute atomic E-state index is 0.149. The van der Waals surface area contributed by atoms with Gasteiger partial charge in [0, 0.05) is 0 Å².